The minimum absolute atomic E-state index is 0.0926. The molecule has 0 bridgehead atoms. The van der Waals surface area contributed by atoms with Gasteiger partial charge in [0.2, 0.25) is 0 Å². The Bertz CT molecular complexity index is 862. The molecule has 2 aromatic heterocycles. The molecule has 4 heteroatoms. The molecule has 0 saturated carbocycles. The van der Waals surface area contributed by atoms with Crippen molar-refractivity contribution in [2.24, 2.45) is 0 Å². The van der Waals surface area contributed by atoms with E-state index >= 15 is 0 Å². The molecule has 0 amide bonds. The van der Waals surface area contributed by atoms with Crippen LogP contribution in [0.15, 0.2) is 85.1 Å². The number of aromatic nitrogens is 2. The van der Waals surface area contributed by atoms with Crippen LogP contribution in [0.1, 0.15) is 0 Å². The van der Waals surface area contributed by atoms with Crippen molar-refractivity contribution < 1.29 is 0 Å². The molecule has 2 heterocycles. The molecule has 0 atom stereocenters. The van der Waals surface area contributed by atoms with Gasteiger partial charge in [-0.1, -0.05) is 0 Å². The second-order valence-electron chi connectivity index (χ2n) is 5.27. The summed E-state index contributed by atoms with van der Waals surface area (Å²) in [5, 5.41) is 3.45. The van der Waals surface area contributed by atoms with Gasteiger partial charge in [0, 0.05) is 0 Å². The normalized spacial score (nSPS) is 10.5. The Morgan fingerprint density at radius 3 is 2.17 bits per heavy atom. The fourth-order valence-electron chi connectivity index (χ4n) is 2.48. The summed E-state index contributed by atoms with van der Waals surface area (Å²) in [4.78, 5) is 9.42. The summed E-state index contributed by atoms with van der Waals surface area (Å²) in [7, 11) is 0. The molecular weight excluding hydrogens is 361 g/mol. The second-order valence-corrected chi connectivity index (χ2v) is 7.36. The van der Waals surface area contributed by atoms with Crippen LogP contribution in [0.3, 0.4) is 0 Å². The topological polar surface area (TPSA) is 37.8 Å². The zero-order valence-electron chi connectivity index (χ0n) is 12.9. The van der Waals surface area contributed by atoms with Gasteiger partial charge in [0.15, 0.2) is 0 Å². The van der Waals surface area contributed by atoms with Gasteiger partial charge < -0.3 is 0 Å². The van der Waals surface area contributed by atoms with Crippen LogP contribution in [0.25, 0.3) is 21.4 Å². The van der Waals surface area contributed by atoms with Crippen molar-refractivity contribution in [2.45, 2.75) is 0 Å². The molecule has 0 unspecified atom stereocenters. The Balaban J connectivity index is 1.79. The summed E-state index contributed by atoms with van der Waals surface area (Å²) < 4.78 is 2.22. The predicted molar refractivity (Wildman–Crippen MR) is 99.6 cm³/mol. The van der Waals surface area contributed by atoms with Crippen LogP contribution >= 0.6 is 0 Å². The van der Waals surface area contributed by atoms with Gasteiger partial charge in [0.1, 0.15) is 0 Å². The van der Waals surface area contributed by atoms with Gasteiger partial charge in [-0.25, -0.2) is 0 Å². The van der Waals surface area contributed by atoms with Crippen molar-refractivity contribution in [1.82, 2.24) is 9.97 Å². The van der Waals surface area contributed by atoms with E-state index in [2.05, 4.69) is 40.6 Å². The number of para-hydroxylation sites is 1. The van der Waals surface area contributed by atoms with Gasteiger partial charge in [-0.2, -0.15) is 0 Å². The van der Waals surface area contributed by atoms with Crippen LogP contribution in [0, 0.1) is 0 Å². The predicted octanol–water partition coefficient (Wildman–Crippen LogP) is 4.61. The van der Waals surface area contributed by atoms with Crippen LogP contribution < -0.4 is 5.32 Å². The first-order valence-corrected chi connectivity index (χ1v) is 9.41. The third kappa shape index (κ3) is 3.16. The Labute approximate surface area is 146 Å². The van der Waals surface area contributed by atoms with Crippen molar-refractivity contribution in [3.8, 4) is 21.4 Å². The van der Waals surface area contributed by atoms with E-state index in [0.29, 0.717) is 0 Å². The van der Waals surface area contributed by atoms with E-state index in [4.69, 9.17) is 4.98 Å². The molecule has 0 aliphatic carbocycles. The van der Waals surface area contributed by atoms with Crippen molar-refractivity contribution >= 4 is 24.9 Å². The van der Waals surface area contributed by atoms with Gasteiger partial charge in [-0.15, -0.1) is 0 Å². The Kier molecular flexibility index (Phi) is 4.24. The SMILES string of the molecule is c1ccc(Nc2nc(-c3ccccc3)c(-c3ccccn3)[se]2)cc1. The summed E-state index contributed by atoms with van der Waals surface area (Å²) in [5.41, 5.74) is 4.22. The number of rotatable bonds is 4. The first kappa shape index (κ1) is 14.9. The van der Waals surface area contributed by atoms with E-state index < -0.39 is 0 Å². The van der Waals surface area contributed by atoms with Gasteiger partial charge in [0.25, 0.3) is 0 Å². The molecule has 24 heavy (non-hydrogen) atoms. The first-order valence-electron chi connectivity index (χ1n) is 7.70. The van der Waals surface area contributed by atoms with E-state index in [1.165, 1.54) is 4.44 Å². The Hall–Kier alpha value is -2.68. The molecule has 3 nitrogen and oxygen atoms in total. The summed E-state index contributed by atoms with van der Waals surface area (Å²) in [5.74, 6) is 0. The van der Waals surface area contributed by atoms with Crippen molar-refractivity contribution in [2.75, 3.05) is 5.32 Å². The third-order valence-corrected chi connectivity index (χ3v) is 5.68. The van der Waals surface area contributed by atoms with Crippen LogP contribution in [0.5, 0.6) is 0 Å². The van der Waals surface area contributed by atoms with Crippen LogP contribution in [0.2, 0.25) is 0 Å². The monoisotopic (exact) mass is 377 g/mol. The zero-order valence-corrected chi connectivity index (χ0v) is 14.6. The Morgan fingerprint density at radius 2 is 1.46 bits per heavy atom. The van der Waals surface area contributed by atoms with Gasteiger partial charge in [-0.3, -0.25) is 0 Å². The number of hydrogen-bond donors (Lipinski definition) is 1. The van der Waals surface area contributed by atoms with E-state index in [9.17, 15) is 0 Å². The van der Waals surface area contributed by atoms with Gasteiger partial charge in [-0.05, 0) is 0 Å². The Morgan fingerprint density at radius 1 is 0.750 bits per heavy atom. The third-order valence-electron chi connectivity index (χ3n) is 3.60. The minimum atomic E-state index is 0.0926. The first-order chi connectivity index (χ1) is 11.9. The molecule has 116 valence electrons. The fraction of sp³-hybridized carbons (Fsp3) is 0. The molecule has 0 radical (unpaired) electrons. The van der Waals surface area contributed by atoms with Crippen molar-refractivity contribution in [1.29, 1.82) is 0 Å². The maximum absolute atomic E-state index is 4.88. The molecular formula is C20H15N3Se. The van der Waals surface area contributed by atoms with Gasteiger partial charge >= 0.3 is 147 Å². The average molecular weight is 376 g/mol. The molecule has 4 aromatic rings. The van der Waals surface area contributed by atoms with E-state index in [0.717, 1.165) is 27.3 Å². The molecule has 0 aliphatic heterocycles. The van der Waals surface area contributed by atoms with E-state index in [1.807, 2.05) is 54.7 Å². The standard InChI is InChI=1S/C20H15N3Se/c1-3-9-15(10-4-1)18-19(17-13-7-8-14-21-17)24-20(23-18)22-16-11-5-2-6-12-16/h1-14H,(H,22,23). The molecule has 1 N–H and O–H groups in total. The second kappa shape index (κ2) is 6.83. The molecule has 0 fully saturated rings. The molecule has 4 rings (SSSR count). The summed E-state index contributed by atoms with van der Waals surface area (Å²) >= 11 is 0.0926. The molecule has 0 saturated heterocycles. The van der Waals surface area contributed by atoms with E-state index in [1.54, 1.807) is 0 Å². The quantitative estimate of drug-likeness (QED) is 0.529. The number of hydrogen-bond acceptors (Lipinski definition) is 3. The molecule has 0 aliphatic rings. The number of anilines is 2. The number of benzene rings is 2. The molecule has 2 aromatic carbocycles. The fourth-order valence-corrected chi connectivity index (χ4v) is 4.55. The van der Waals surface area contributed by atoms with Crippen LogP contribution in [0.4, 0.5) is 10.4 Å². The average Bonchev–Trinajstić information content (AvgIpc) is 3.08. The van der Waals surface area contributed by atoms with Crippen molar-refractivity contribution in [3.63, 3.8) is 0 Å². The maximum atomic E-state index is 4.88. The number of nitrogens with one attached hydrogen (secondary N) is 1. The summed E-state index contributed by atoms with van der Waals surface area (Å²) in [6, 6.07) is 26.5. The summed E-state index contributed by atoms with van der Waals surface area (Å²) in [6.07, 6.45) is 1.84. The van der Waals surface area contributed by atoms with Crippen molar-refractivity contribution in [3.05, 3.63) is 85.1 Å². The van der Waals surface area contributed by atoms with Crippen LogP contribution in [-0.2, 0) is 0 Å². The number of pyridine rings is 1. The van der Waals surface area contributed by atoms with Crippen LogP contribution in [-0.4, -0.2) is 24.5 Å². The number of nitrogens with zero attached hydrogens (tertiary/aromatic N) is 2. The van der Waals surface area contributed by atoms with E-state index in [-0.39, 0.29) is 14.5 Å². The molecule has 0 spiro atoms. The summed E-state index contributed by atoms with van der Waals surface area (Å²) in [6.45, 7) is 0. The zero-order chi connectivity index (χ0) is 16.2. The van der Waals surface area contributed by atoms with Gasteiger partial charge in [0.05, 0.1) is 0 Å².